The van der Waals surface area contributed by atoms with E-state index in [0.29, 0.717) is 15.8 Å². The zero-order chi connectivity index (χ0) is 18.2. The second kappa shape index (κ2) is 9.41. The SMILES string of the molecule is Cc1ccsc1/C=N/NC(=O)CNC(=O)COc1ccc(Cl)cc1Cl. The van der Waals surface area contributed by atoms with Crippen molar-refractivity contribution in [3.63, 3.8) is 0 Å². The molecule has 0 spiro atoms. The summed E-state index contributed by atoms with van der Waals surface area (Å²) in [7, 11) is 0. The topological polar surface area (TPSA) is 79.8 Å². The van der Waals surface area contributed by atoms with Crippen molar-refractivity contribution >= 4 is 52.6 Å². The Labute approximate surface area is 158 Å². The zero-order valence-electron chi connectivity index (χ0n) is 13.2. The molecule has 2 N–H and O–H groups in total. The van der Waals surface area contributed by atoms with Crippen LogP contribution in [0.1, 0.15) is 10.4 Å². The van der Waals surface area contributed by atoms with E-state index in [-0.39, 0.29) is 13.2 Å². The molecule has 0 bridgehead atoms. The van der Waals surface area contributed by atoms with Crippen molar-refractivity contribution in [3.05, 3.63) is 50.1 Å². The number of amides is 2. The number of carbonyl (C=O) groups is 2. The molecule has 0 unspecified atom stereocenters. The van der Waals surface area contributed by atoms with Gasteiger partial charge in [0.1, 0.15) is 5.75 Å². The van der Waals surface area contributed by atoms with Crippen LogP contribution in [0.4, 0.5) is 0 Å². The van der Waals surface area contributed by atoms with Crippen LogP contribution in [-0.4, -0.2) is 31.2 Å². The van der Waals surface area contributed by atoms with E-state index in [4.69, 9.17) is 27.9 Å². The second-order valence-corrected chi connectivity index (χ2v) is 6.69. The Hall–Kier alpha value is -2.09. The standard InChI is InChI=1S/C16H15Cl2N3O3S/c1-10-4-5-25-14(10)7-20-21-15(22)8-19-16(23)9-24-13-3-2-11(17)6-12(13)18/h2-7H,8-9H2,1H3,(H,19,23)(H,21,22)/b20-7+. The van der Waals surface area contributed by atoms with Crippen LogP contribution >= 0.6 is 34.5 Å². The molecular weight excluding hydrogens is 385 g/mol. The molecule has 1 heterocycles. The predicted octanol–water partition coefficient (Wildman–Crippen LogP) is 3.01. The maximum Gasteiger partial charge on any atom is 0.259 e. The number of nitrogens with one attached hydrogen (secondary N) is 2. The third kappa shape index (κ3) is 6.38. The van der Waals surface area contributed by atoms with Crippen LogP contribution in [-0.2, 0) is 9.59 Å². The average Bonchev–Trinajstić information content (AvgIpc) is 2.97. The van der Waals surface area contributed by atoms with Crippen molar-refractivity contribution in [3.8, 4) is 5.75 Å². The Balaban J connectivity index is 1.69. The summed E-state index contributed by atoms with van der Waals surface area (Å²) in [4.78, 5) is 24.3. The molecule has 2 amide bonds. The van der Waals surface area contributed by atoms with E-state index in [1.54, 1.807) is 18.3 Å². The third-order valence-corrected chi connectivity index (χ3v) is 4.46. The Morgan fingerprint density at radius 1 is 1.28 bits per heavy atom. The molecule has 2 aromatic rings. The van der Waals surface area contributed by atoms with Crippen LogP contribution in [0, 0.1) is 6.92 Å². The summed E-state index contributed by atoms with van der Waals surface area (Å²) in [6.45, 7) is 1.47. The minimum atomic E-state index is -0.459. The Morgan fingerprint density at radius 2 is 2.08 bits per heavy atom. The summed E-state index contributed by atoms with van der Waals surface area (Å²) in [5.41, 5.74) is 3.42. The van der Waals surface area contributed by atoms with E-state index in [9.17, 15) is 9.59 Å². The van der Waals surface area contributed by atoms with Gasteiger partial charge in [-0.15, -0.1) is 11.3 Å². The van der Waals surface area contributed by atoms with Crippen LogP contribution in [0.15, 0.2) is 34.7 Å². The van der Waals surface area contributed by atoms with Gasteiger partial charge in [-0.05, 0) is 42.1 Å². The number of carbonyl (C=O) groups excluding carboxylic acids is 2. The van der Waals surface area contributed by atoms with E-state index in [1.165, 1.54) is 17.4 Å². The van der Waals surface area contributed by atoms with Crippen molar-refractivity contribution in [2.75, 3.05) is 13.2 Å². The summed E-state index contributed by atoms with van der Waals surface area (Å²) in [6.07, 6.45) is 1.56. The van der Waals surface area contributed by atoms with Gasteiger partial charge < -0.3 is 10.1 Å². The van der Waals surface area contributed by atoms with Gasteiger partial charge in [0.15, 0.2) is 6.61 Å². The van der Waals surface area contributed by atoms with Gasteiger partial charge in [-0.25, -0.2) is 5.43 Å². The minimum absolute atomic E-state index is 0.211. The number of nitrogens with zero attached hydrogens (tertiary/aromatic N) is 1. The van der Waals surface area contributed by atoms with Crippen molar-refractivity contribution in [1.82, 2.24) is 10.7 Å². The Bertz CT molecular complexity index is 793. The normalized spacial score (nSPS) is 10.7. The highest BCUT2D eigenvalue weighted by Gasteiger charge is 2.08. The first-order valence-corrected chi connectivity index (χ1v) is 8.80. The van der Waals surface area contributed by atoms with Crippen LogP contribution in [0.2, 0.25) is 10.0 Å². The van der Waals surface area contributed by atoms with E-state index in [2.05, 4.69) is 15.8 Å². The van der Waals surface area contributed by atoms with Gasteiger partial charge >= 0.3 is 0 Å². The smallest absolute Gasteiger partial charge is 0.259 e. The largest absolute Gasteiger partial charge is 0.482 e. The van der Waals surface area contributed by atoms with Crippen molar-refractivity contribution < 1.29 is 14.3 Å². The Morgan fingerprint density at radius 3 is 2.76 bits per heavy atom. The highest BCUT2D eigenvalue weighted by atomic mass is 35.5. The van der Waals surface area contributed by atoms with Crippen LogP contribution in [0.3, 0.4) is 0 Å². The molecule has 0 saturated carbocycles. The van der Waals surface area contributed by atoms with E-state index in [1.807, 2.05) is 18.4 Å². The molecule has 1 aromatic carbocycles. The molecule has 1 aromatic heterocycles. The summed E-state index contributed by atoms with van der Waals surface area (Å²) < 4.78 is 5.27. The van der Waals surface area contributed by atoms with Gasteiger partial charge in [-0.2, -0.15) is 5.10 Å². The van der Waals surface area contributed by atoms with Gasteiger partial charge in [-0.1, -0.05) is 23.2 Å². The molecule has 0 aliphatic heterocycles. The first kappa shape index (κ1) is 19.2. The first-order chi connectivity index (χ1) is 12.0. The van der Waals surface area contributed by atoms with Crippen LogP contribution in [0.5, 0.6) is 5.75 Å². The van der Waals surface area contributed by atoms with E-state index in [0.717, 1.165) is 10.4 Å². The monoisotopic (exact) mass is 399 g/mol. The molecular formula is C16H15Cl2N3O3S. The van der Waals surface area contributed by atoms with E-state index >= 15 is 0 Å². The first-order valence-electron chi connectivity index (χ1n) is 7.16. The highest BCUT2D eigenvalue weighted by molar-refractivity contribution is 7.11. The quantitative estimate of drug-likeness (QED) is 0.554. The van der Waals surface area contributed by atoms with Gasteiger partial charge in [-0.3, -0.25) is 9.59 Å². The zero-order valence-corrected chi connectivity index (χ0v) is 15.5. The molecule has 0 aliphatic carbocycles. The molecule has 6 nitrogen and oxygen atoms in total. The highest BCUT2D eigenvalue weighted by Crippen LogP contribution is 2.27. The van der Waals surface area contributed by atoms with Gasteiger partial charge in [0.05, 0.1) is 17.8 Å². The average molecular weight is 400 g/mol. The molecule has 0 atom stereocenters. The minimum Gasteiger partial charge on any atom is -0.482 e. The summed E-state index contributed by atoms with van der Waals surface area (Å²) in [5, 5.41) is 8.97. The number of thiophene rings is 1. The fraction of sp³-hybridized carbons (Fsp3) is 0.188. The molecule has 0 radical (unpaired) electrons. The number of hydrazone groups is 1. The molecule has 0 fully saturated rings. The number of ether oxygens (including phenoxy) is 1. The van der Waals surface area contributed by atoms with E-state index < -0.39 is 11.8 Å². The third-order valence-electron chi connectivity index (χ3n) is 2.97. The maximum atomic E-state index is 11.7. The lowest BCUT2D eigenvalue weighted by molar-refractivity contribution is -0.127. The molecule has 2 rings (SSSR count). The molecule has 0 aliphatic rings. The number of aryl methyl sites for hydroxylation is 1. The lowest BCUT2D eigenvalue weighted by atomic mass is 10.3. The van der Waals surface area contributed by atoms with Gasteiger partial charge in [0.2, 0.25) is 0 Å². The summed E-state index contributed by atoms with van der Waals surface area (Å²) >= 11 is 13.2. The number of hydrogen-bond acceptors (Lipinski definition) is 5. The fourth-order valence-corrected chi connectivity index (χ4v) is 2.93. The van der Waals surface area contributed by atoms with Crippen LogP contribution < -0.4 is 15.5 Å². The number of rotatable bonds is 7. The van der Waals surface area contributed by atoms with Gasteiger partial charge in [0, 0.05) is 9.90 Å². The van der Waals surface area contributed by atoms with Gasteiger partial charge in [0.25, 0.3) is 11.8 Å². The van der Waals surface area contributed by atoms with Crippen molar-refractivity contribution in [2.45, 2.75) is 6.92 Å². The van der Waals surface area contributed by atoms with Crippen LogP contribution in [0.25, 0.3) is 0 Å². The second-order valence-electron chi connectivity index (χ2n) is 4.90. The molecule has 9 heteroatoms. The fourth-order valence-electron chi connectivity index (χ4n) is 1.68. The lowest BCUT2D eigenvalue weighted by Crippen LogP contribution is -2.37. The number of hydrogen-bond donors (Lipinski definition) is 2. The Kier molecular flexibility index (Phi) is 7.24. The molecule has 132 valence electrons. The van der Waals surface area contributed by atoms with Crippen molar-refractivity contribution in [1.29, 1.82) is 0 Å². The number of halogens is 2. The van der Waals surface area contributed by atoms with Crippen molar-refractivity contribution in [2.24, 2.45) is 5.10 Å². The predicted molar refractivity (Wildman–Crippen MR) is 99.8 cm³/mol. The summed E-state index contributed by atoms with van der Waals surface area (Å²) in [5.74, 6) is -0.566. The molecule has 25 heavy (non-hydrogen) atoms. The molecule has 0 saturated heterocycles. The summed E-state index contributed by atoms with van der Waals surface area (Å²) in [6, 6.07) is 6.63. The lowest BCUT2D eigenvalue weighted by Gasteiger charge is -2.08. The number of benzene rings is 1. The maximum absolute atomic E-state index is 11.7.